The molecule has 0 spiro atoms. The summed E-state index contributed by atoms with van der Waals surface area (Å²) in [6, 6.07) is 0.00661. The average Bonchev–Trinajstić information content (AvgIpc) is 2.26. The van der Waals surface area contributed by atoms with Crippen molar-refractivity contribution in [3.63, 3.8) is 0 Å². The van der Waals surface area contributed by atoms with Gasteiger partial charge < -0.3 is 5.73 Å². The largest absolute Gasteiger partial charge is 0.329 e. The molecule has 0 aromatic heterocycles. The molecule has 102 valence electrons. The smallest absolute Gasteiger partial charge is 0.214 e. The number of rotatable bonds is 6. The SMILES string of the molecule is CC(C)N(CCN)S(=O)(=O)CC1CCCCC1. The molecule has 0 amide bonds. The van der Waals surface area contributed by atoms with Gasteiger partial charge in [0.25, 0.3) is 0 Å². The first kappa shape index (κ1) is 14.9. The third-order valence-electron chi connectivity index (χ3n) is 3.45. The molecule has 0 aromatic rings. The zero-order chi connectivity index (χ0) is 12.9. The Kier molecular flexibility index (Phi) is 5.89. The maximum Gasteiger partial charge on any atom is 0.214 e. The maximum absolute atomic E-state index is 12.3. The molecule has 1 fully saturated rings. The van der Waals surface area contributed by atoms with E-state index in [2.05, 4.69) is 0 Å². The number of nitrogens with two attached hydrogens (primary N) is 1. The van der Waals surface area contributed by atoms with E-state index in [0.717, 1.165) is 12.8 Å². The van der Waals surface area contributed by atoms with Crippen LogP contribution in [-0.4, -0.2) is 37.6 Å². The van der Waals surface area contributed by atoms with Gasteiger partial charge in [0.15, 0.2) is 0 Å². The summed E-state index contributed by atoms with van der Waals surface area (Å²) in [7, 11) is -3.13. The molecule has 1 aliphatic rings. The van der Waals surface area contributed by atoms with E-state index in [1.54, 1.807) is 4.31 Å². The number of sulfonamides is 1. The van der Waals surface area contributed by atoms with E-state index >= 15 is 0 Å². The fourth-order valence-electron chi connectivity index (χ4n) is 2.59. The Morgan fingerprint density at radius 2 is 1.82 bits per heavy atom. The second-order valence-corrected chi connectivity index (χ2v) is 7.24. The van der Waals surface area contributed by atoms with E-state index in [1.165, 1.54) is 19.3 Å². The molecule has 0 saturated heterocycles. The van der Waals surface area contributed by atoms with Crippen molar-refractivity contribution >= 4 is 10.0 Å². The summed E-state index contributed by atoms with van der Waals surface area (Å²) in [6.07, 6.45) is 5.74. The van der Waals surface area contributed by atoms with Gasteiger partial charge in [0.05, 0.1) is 5.75 Å². The predicted molar refractivity (Wildman–Crippen MR) is 71.3 cm³/mol. The molecule has 0 bridgehead atoms. The van der Waals surface area contributed by atoms with Crippen molar-refractivity contribution in [1.82, 2.24) is 4.31 Å². The van der Waals surface area contributed by atoms with Crippen LogP contribution in [0.2, 0.25) is 0 Å². The van der Waals surface area contributed by atoms with Gasteiger partial charge in [-0.05, 0) is 32.6 Å². The molecule has 1 rings (SSSR count). The van der Waals surface area contributed by atoms with Gasteiger partial charge >= 0.3 is 0 Å². The molecular formula is C12H26N2O2S. The molecule has 5 heteroatoms. The molecule has 1 aliphatic carbocycles. The first-order valence-electron chi connectivity index (χ1n) is 6.67. The summed E-state index contributed by atoms with van der Waals surface area (Å²) >= 11 is 0. The van der Waals surface area contributed by atoms with Crippen molar-refractivity contribution in [2.45, 2.75) is 52.0 Å². The Bertz CT molecular complexity index is 308. The zero-order valence-corrected chi connectivity index (χ0v) is 11.9. The molecule has 0 heterocycles. The van der Waals surface area contributed by atoms with E-state index in [1.807, 2.05) is 13.8 Å². The Balaban J connectivity index is 2.63. The van der Waals surface area contributed by atoms with Crippen molar-refractivity contribution in [1.29, 1.82) is 0 Å². The monoisotopic (exact) mass is 262 g/mol. The Hall–Kier alpha value is -0.130. The van der Waals surface area contributed by atoms with Crippen LogP contribution in [0.3, 0.4) is 0 Å². The molecule has 4 nitrogen and oxygen atoms in total. The fourth-order valence-corrected chi connectivity index (χ4v) is 4.74. The summed E-state index contributed by atoms with van der Waals surface area (Å²) in [5, 5.41) is 0. The highest BCUT2D eigenvalue weighted by Crippen LogP contribution is 2.26. The number of hydrogen-bond acceptors (Lipinski definition) is 3. The van der Waals surface area contributed by atoms with Crippen LogP contribution in [0.1, 0.15) is 46.0 Å². The minimum absolute atomic E-state index is 0.00661. The van der Waals surface area contributed by atoms with E-state index in [9.17, 15) is 8.42 Å². The van der Waals surface area contributed by atoms with Gasteiger partial charge in [0.1, 0.15) is 0 Å². The summed E-state index contributed by atoms with van der Waals surface area (Å²) in [4.78, 5) is 0. The highest BCUT2D eigenvalue weighted by Gasteiger charge is 2.28. The van der Waals surface area contributed by atoms with Crippen LogP contribution >= 0.6 is 0 Å². The van der Waals surface area contributed by atoms with Crippen molar-refractivity contribution < 1.29 is 8.42 Å². The van der Waals surface area contributed by atoms with Crippen molar-refractivity contribution in [2.24, 2.45) is 11.7 Å². The summed E-state index contributed by atoms with van der Waals surface area (Å²) in [6.45, 7) is 4.65. The summed E-state index contributed by atoms with van der Waals surface area (Å²) < 4.78 is 26.2. The highest BCUT2D eigenvalue weighted by molar-refractivity contribution is 7.89. The Morgan fingerprint density at radius 1 is 1.24 bits per heavy atom. The van der Waals surface area contributed by atoms with E-state index in [0.29, 0.717) is 24.8 Å². The quantitative estimate of drug-likeness (QED) is 0.790. The molecule has 0 unspecified atom stereocenters. The first-order chi connectivity index (χ1) is 7.97. The van der Waals surface area contributed by atoms with Crippen LogP contribution in [-0.2, 0) is 10.0 Å². The molecule has 0 atom stereocenters. The molecule has 17 heavy (non-hydrogen) atoms. The second-order valence-electron chi connectivity index (χ2n) is 5.28. The highest BCUT2D eigenvalue weighted by atomic mass is 32.2. The lowest BCUT2D eigenvalue weighted by atomic mass is 9.91. The lowest BCUT2D eigenvalue weighted by Gasteiger charge is -2.29. The van der Waals surface area contributed by atoms with Gasteiger partial charge in [-0.3, -0.25) is 0 Å². The fraction of sp³-hybridized carbons (Fsp3) is 1.00. The lowest BCUT2D eigenvalue weighted by Crippen LogP contribution is -2.43. The topological polar surface area (TPSA) is 63.4 Å². The maximum atomic E-state index is 12.3. The van der Waals surface area contributed by atoms with Crippen molar-refractivity contribution in [3.05, 3.63) is 0 Å². The predicted octanol–water partition coefficient (Wildman–Crippen LogP) is 1.57. The van der Waals surface area contributed by atoms with Gasteiger partial charge in [-0.15, -0.1) is 0 Å². The Morgan fingerprint density at radius 3 is 2.29 bits per heavy atom. The van der Waals surface area contributed by atoms with Crippen LogP contribution in [0.5, 0.6) is 0 Å². The standard InChI is InChI=1S/C12H26N2O2S/c1-11(2)14(9-8-13)17(15,16)10-12-6-4-3-5-7-12/h11-12H,3-10,13H2,1-2H3. The van der Waals surface area contributed by atoms with Gasteiger partial charge in [-0.2, -0.15) is 4.31 Å². The van der Waals surface area contributed by atoms with E-state index < -0.39 is 10.0 Å². The summed E-state index contributed by atoms with van der Waals surface area (Å²) in [5.41, 5.74) is 5.49. The van der Waals surface area contributed by atoms with E-state index in [4.69, 9.17) is 5.73 Å². The molecule has 2 N–H and O–H groups in total. The van der Waals surface area contributed by atoms with Gasteiger partial charge in [-0.25, -0.2) is 8.42 Å². The van der Waals surface area contributed by atoms with Crippen LogP contribution in [0.25, 0.3) is 0 Å². The minimum atomic E-state index is -3.13. The van der Waals surface area contributed by atoms with Crippen molar-refractivity contribution in [2.75, 3.05) is 18.8 Å². The third-order valence-corrected chi connectivity index (χ3v) is 5.67. The lowest BCUT2D eigenvalue weighted by molar-refractivity contribution is 0.341. The van der Waals surface area contributed by atoms with Crippen LogP contribution in [0, 0.1) is 5.92 Å². The molecular weight excluding hydrogens is 236 g/mol. The zero-order valence-electron chi connectivity index (χ0n) is 11.1. The Labute approximate surface area is 106 Å². The third kappa shape index (κ3) is 4.56. The molecule has 0 aliphatic heterocycles. The second kappa shape index (κ2) is 6.71. The number of nitrogens with zero attached hydrogens (tertiary/aromatic N) is 1. The summed E-state index contributed by atoms with van der Waals surface area (Å²) in [5.74, 6) is 0.665. The average molecular weight is 262 g/mol. The molecule has 0 radical (unpaired) electrons. The van der Waals surface area contributed by atoms with Gasteiger partial charge in [0, 0.05) is 19.1 Å². The van der Waals surface area contributed by atoms with Crippen LogP contribution < -0.4 is 5.73 Å². The molecule has 0 aromatic carbocycles. The normalized spacial score (nSPS) is 19.1. The van der Waals surface area contributed by atoms with Gasteiger partial charge in [0.2, 0.25) is 10.0 Å². The van der Waals surface area contributed by atoms with Crippen LogP contribution in [0.15, 0.2) is 0 Å². The van der Waals surface area contributed by atoms with Gasteiger partial charge in [-0.1, -0.05) is 19.3 Å². The first-order valence-corrected chi connectivity index (χ1v) is 8.28. The molecule has 1 saturated carbocycles. The minimum Gasteiger partial charge on any atom is -0.329 e. The van der Waals surface area contributed by atoms with E-state index in [-0.39, 0.29) is 6.04 Å². The van der Waals surface area contributed by atoms with Crippen molar-refractivity contribution in [3.8, 4) is 0 Å². The number of hydrogen-bond donors (Lipinski definition) is 1. The van der Waals surface area contributed by atoms with Crippen LogP contribution in [0.4, 0.5) is 0 Å².